The fourth-order valence-electron chi connectivity index (χ4n) is 1.31. The maximum atomic E-state index is 6.00. The molecule has 0 nitrogen and oxygen atoms in total. The molecular weight excluding hydrogens is 251 g/mol. The van der Waals surface area contributed by atoms with Gasteiger partial charge in [-0.15, -0.1) is 23.2 Å². The Morgan fingerprint density at radius 3 is 1.60 bits per heavy atom. The van der Waals surface area contributed by atoms with Gasteiger partial charge in [0.2, 0.25) is 0 Å². The summed E-state index contributed by atoms with van der Waals surface area (Å²) < 4.78 is -0.468. The van der Waals surface area contributed by atoms with Crippen LogP contribution in [0.25, 0.3) is 0 Å². The van der Waals surface area contributed by atoms with Crippen LogP contribution in [0.3, 0.4) is 0 Å². The molecule has 0 N–H and O–H groups in total. The standard InChI is InChI=1S/C6H11BrCl2Si/c1-10(2,3)5-4(7)6(5,8)9/h4-5H,1-3H3/t4-,5-/m1/s1. The third kappa shape index (κ3) is 1.40. The second-order valence-corrected chi connectivity index (χ2v) is 11.7. The third-order valence-corrected chi connectivity index (χ3v) is 8.13. The fraction of sp³-hybridized carbons (Fsp3) is 1.00. The second kappa shape index (κ2) is 2.38. The average molecular weight is 262 g/mol. The maximum absolute atomic E-state index is 6.00. The van der Waals surface area contributed by atoms with Gasteiger partial charge in [-0.05, 0) is 0 Å². The lowest BCUT2D eigenvalue weighted by Crippen LogP contribution is -2.22. The molecule has 0 amide bonds. The molecule has 0 unspecified atom stereocenters. The first-order valence-corrected chi connectivity index (χ1v) is 8.54. The van der Waals surface area contributed by atoms with Gasteiger partial charge in [0.25, 0.3) is 0 Å². The molecule has 1 rings (SSSR count). The Balaban J connectivity index is 2.66. The topological polar surface area (TPSA) is 0 Å². The van der Waals surface area contributed by atoms with Gasteiger partial charge in [-0.25, -0.2) is 0 Å². The predicted octanol–water partition coefficient (Wildman–Crippen LogP) is 3.65. The van der Waals surface area contributed by atoms with Crippen LogP contribution in [0.2, 0.25) is 25.2 Å². The summed E-state index contributed by atoms with van der Waals surface area (Å²) >= 11 is 15.5. The van der Waals surface area contributed by atoms with Crippen LogP contribution in [-0.4, -0.2) is 17.2 Å². The molecule has 1 saturated carbocycles. The summed E-state index contributed by atoms with van der Waals surface area (Å²) in [6, 6.07) is 0. The number of rotatable bonds is 1. The molecule has 0 heterocycles. The summed E-state index contributed by atoms with van der Waals surface area (Å²) in [7, 11) is -1.13. The van der Waals surface area contributed by atoms with Gasteiger partial charge in [-0.2, -0.15) is 0 Å². The van der Waals surface area contributed by atoms with E-state index in [1.54, 1.807) is 0 Å². The first-order valence-electron chi connectivity index (χ1n) is 3.30. The lowest BCUT2D eigenvalue weighted by molar-refractivity contribution is 1.28. The Hall–Kier alpha value is 1.28. The van der Waals surface area contributed by atoms with Crippen LogP contribution in [0.15, 0.2) is 0 Å². The normalized spacial score (nSPS) is 37.8. The molecule has 0 spiro atoms. The number of halogens is 3. The quantitative estimate of drug-likeness (QED) is 0.500. The summed E-state index contributed by atoms with van der Waals surface area (Å²) in [4.78, 5) is 0.329. The molecule has 0 aromatic heterocycles. The van der Waals surface area contributed by atoms with E-state index in [4.69, 9.17) is 23.2 Å². The lowest BCUT2D eigenvalue weighted by atomic mass is 10.9. The largest absolute Gasteiger partial charge is 0.132 e. The maximum Gasteiger partial charge on any atom is 0.132 e. The van der Waals surface area contributed by atoms with Crippen molar-refractivity contribution in [3.63, 3.8) is 0 Å². The van der Waals surface area contributed by atoms with Crippen LogP contribution in [0, 0.1) is 0 Å². The summed E-state index contributed by atoms with van der Waals surface area (Å²) in [6.45, 7) is 6.87. The number of hydrogen-bond donors (Lipinski definition) is 0. The van der Waals surface area contributed by atoms with Crippen molar-refractivity contribution in [3.05, 3.63) is 0 Å². The zero-order valence-corrected chi connectivity index (χ0v) is 10.4. The molecule has 60 valence electrons. The van der Waals surface area contributed by atoms with E-state index in [1.807, 2.05) is 0 Å². The molecule has 2 atom stereocenters. The van der Waals surface area contributed by atoms with E-state index in [0.717, 1.165) is 0 Å². The van der Waals surface area contributed by atoms with Crippen molar-refractivity contribution >= 4 is 47.2 Å². The van der Waals surface area contributed by atoms with Crippen molar-refractivity contribution in [2.75, 3.05) is 0 Å². The van der Waals surface area contributed by atoms with Crippen molar-refractivity contribution in [2.45, 2.75) is 34.3 Å². The highest BCUT2D eigenvalue weighted by atomic mass is 79.9. The van der Waals surface area contributed by atoms with E-state index < -0.39 is 12.4 Å². The molecule has 10 heavy (non-hydrogen) atoms. The van der Waals surface area contributed by atoms with Crippen LogP contribution in [0.1, 0.15) is 0 Å². The zero-order valence-electron chi connectivity index (χ0n) is 6.29. The van der Waals surface area contributed by atoms with Gasteiger partial charge in [-0.3, -0.25) is 0 Å². The molecule has 0 aromatic rings. The van der Waals surface area contributed by atoms with Crippen LogP contribution in [0.5, 0.6) is 0 Å². The SMILES string of the molecule is C[Si](C)(C)[C@@H]1[C@@H](Br)C1(Cl)Cl. The van der Waals surface area contributed by atoms with Gasteiger partial charge in [-0.1, -0.05) is 35.6 Å². The Labute approximate surface area is 81.4 Å². The predicted molar refractivity (Wildman–Crippen MR) is 54.2 cm³/mol. The van der Waals surface area contributed by atoms with E-state index in [1.165, 1.54) is 0 Å². The highest BCUT2D eigenvalue weighted by Crippen LogP contribution is 2.66. The Morgan fingerprint density at radius 1 is 1.30 bits per heavy atom. The van der Waals surface area contributed by atoms with Crippen molar-refractivity contribution in [2.24, 2.45) is 0 Å². The van der Waals surface area contributed by atoms with Crippen molar-refractivity contribution in [3.8, 4) is 0 Å². The molecular formula is C6H11BrCl2Si. The summed E-state index contributed by atoms with van der Waals surface area (Å²) in [5, 5.41) is 0. The number of alkyl halides is 3. The van der Waals surface area contributed by atoms with E-state index in [2.05, 4.69) is 35.6 Å². The number of hydrogen-bond acceptors (Lipinski definition) is 0. The molecule has 1 fully saturated rings. The summed E-state index contributed by atoms with van der Waals surface area (Å²) in [6.07, 6.45) is 0. The van der Waals surface area contributed by atoms with Gasteiger partial charge in [0.15, 0.2) is 0 Å². The summed E-state index contributed by atoms with van der Waals surface area (Å²) in [5.41, 5.74) is 0.517. The van der Waals surface area contributed by atoms with Gasteiger partial charge in [0.1, 0.15) is 4.33 Å². The van der Waals surface area contributed by atoms with Crippen molar-refractivity contribution in [1.29, 1.82) is 0 Å². The van der Waals surface area contributed by atoms with E-state index in [9.17, 15) is 0 Å². The Kier molecular flexibility index (Phi) is 2.23. The minimum Gasteiger partial charge on any atom is -0.100 e. The van der Waals surface area contributed by atoms with Crippen molar-refractivity contribution in [1.82, 2.24) is 0 Å². The second-order valence-electron chi connectivity index (χ2n) is 3.92. The molecule has 1 aliphatic carbocycles. The van der Waals surface area contributed by atoms with Gasteiger partial charge >= 0.3 is 0 Å². The molecule has 0 saturated heterocycles. The molecule has 0 aliphatic heterocycles. The first-order chi connectivity index (χ1) is 4.28. The van der Waals surface area contributed by atoms with Crippen LogP contribution >= 0.6 is 39.1 Å². The van der Waals surface area contributed by atoms with Crippen LogP contribution in [-0.2, 0) is 0 Å². The molecule has 1 aliphatic rings. The van der Waals surface area contributed by atoms with Crippen LogP contribution < -0.4 is 0 Å². The van der Waals surface area contributed by atoms with Gasteiger partial charge < -0.3 is 0 Å². The lowest BCUT2D eigenvalue weighted by Gasteiger charge is -2.15. The molecule has 0 bridgehead atoms. The zero-order chi connectivity index (χ0) is 8.15. The van der Waals surface area contributed by atoms with Crippen molar-refractivity contribution < 1.29 is 0 Å². The van der Waals surface area contributed by atoms with Crippen LogP contribution in [0.4, 0.5) is 0 Å². The molecule has 0 radical (unpaired) electrons. The molecule has 0 aromatic carbocycles. The Morgan fingerprint density at radius 2 is 1.60 bits per heavy atom. The first kappa shape index (κ1) is 9.37. The molecule has 4 heteroatoms. The van der Waals surface area contributed by atoms with E-state index in [0.29, 0.717) is 10.4 Å². The average Bonchev–Trinajstić information content (AvgIpc) is 2.03. The summed E-state index contributed by atoms with van der Waals surface area (Å²) in [5.74, 6) is 0. The minimum atomic E-state index is -1.13. The fourth-order valence-corrected chi connectivity index (χ4v) is 9.71. The Bertz CT molecular complexity index is 142. The van der Waals surface area contributed by atoms with Gasteiger partial charge in [0.05, 0.1) is 12.9 Å². The third-order valence-electron chi connectivity index (χ3n) is 1.90. The van der Waals surface area contributed by atoms with E-state index >= 15 is 0 Å². The smallest absolute Gasteiger partial charge is 0.100 e. The van der Waals surface area contributed by atoms with Gasteiger partial charge in [0, 0.05) is 5.54 Å². The highest BCUT2D eigenvalue weighted by molar-refractivity contribution is 9.10. The highest BCUT2D eigenvalue weighted by Gasteiger charge is 2.66. The van der Waals surface area contributed by atoms with E-state index in [-0.39, 0.29) is 0 Å². The minimum absolute atomic E-state index is 0.329. The monoisotopic (exact) mass is 260 g/mol.